The number of carboxylic acids is 1. The van der Waals surface area contributed by atoms with E-state index in [9.17, 15) is 14.3 Å². The monoisotopic (exact) mass is 252 g/mol. The minimum absolute atomic E-state index is 0.333. The first kappa shape index (κ1) is 13.0. The molecule has 2 N–H and O–H groups in total. The van der Waals surface area contributed by atoms with Gasteiger partial charge in [-0.2, -0.15) is 0 Å². The quantitative estimate of drug-likeness (QED) is 0.847. The molecule has 0 spiro atoms. The number of nitrogens with zero attached hydrogens (tertiary/aromatic N) is 1. The molecule has 0 aromatic heterocycles. The summed E-state index contributed by atoms with van der Waals surface area (Å²) in [4.78, 5) is 13.4. The fraction of sp³-hybridized carbons (Fsp3) is 0.462. The van der Waals surface area contributed by atoms with Gasteiger partial charge in [0.05, 0.1) is 0 Å². The zero-order valence-electron chi connectivity index (χ0n) is 10.3. The standard InChI is InChI=1S/C13H17FN2O2/c1-9-8-10(14)2-3-11(9)12(13(17)18)16-6-4-15-5-7-16/h2-3,8,12,15H,4-7H2,1H3,(H,17,18). The highest BCUT2D eigenvalue weighted by Gasteiger charge is 2.29. The molecule has 1 atom stereocenters. The van der Waals surface area contributed by atoms with Crippen molar-refractivity contribution in [2.24, 2.45) is 0 Å². The van der Waals surface area contributed by atoms with E-state index in [0.717, 1.165) is 13.1 Å². The topological polar surface area (TPSA) is 52.6 Å². The first-order valence-corrected chi connectivity index (χ1v) is 6.03. The Morgan fingerprint density at radius 1 is 1.44 bits per heavy atom. The van der Waals surface area contributed by atoms with E-state index in [1.165, 1.54) is 12.1 Å². The molecular weight excluding hydrogens is 235 g/mol. The summed E-state index contributed by atoms with van der Waals surface area (Å²) in [5.41, 5.74) is 1.35. The zero-order chi connectivity index (χ0) is 13.1. The molecule has 0 radical (unpaired) electrons. The van der Waals surface area contributed by atoms with Gasteiger partial charge in [-0.1, -0.05) is 6.07 Å². The molecule has 0 amide bonds. The van der Waals surface area contributed by atoms with Gasteiger partial charge >= 0.3 is 5.97 Å². The van der Waals surface area contributed by atoms with Crippen molar-refractivity contribution in [3.8, 4) is 0 Å². The molecule has 1 aromatic rings. The van der Waals surface area contributed by atoms with Crippen LogP contribution in [0.15, 0.2) is 18.2 Å². The van der Waals surface area contributed by atoms with Crippen LogP contribution in [0.25, 0.3) is 0 Å². The number of aliphatic carboxylic acids is 1. The Hall–Kier alpha value is -1.46. The van der Waals surface area contributed by atoms with Gasteiger partial charge in [-0.25, -0.2) is 4.39 Å². The van der Waals surface area contributed by atoms with E-state index < -0.39 is 12.0 Å². The van der Waals surface area contributed by atoms with Crippen molar-refractivity contribution in [3.05, 3.63) is 35.1 Å². The summed E-state index contributed by atoms with van der Waals surface area (Å²) in [6, 6.07) is 3.59. The summed E-state index contributed by atoms with van der Waals surface area (Å²) in [6.45, 7) is 4.69. The molecule has 0 saturated carbocycles. The molecule has 18 heavy (non-hydrogen) atoms. The summed E-state index contributed by atoms with van der Waals surface area (Å²) in [6.07, 6.45) is 0. The van der Waals surface area contributed by atoms with Crippen molar-refractivity contribution >= 4 is 5.97 Å². The lowest BCUT2D eigenvalue weighted by Crippen LogP contribution is -2.47. The van der Waals surface area contributed by atoms with Crippen LogP contribution in [0.3, 0.4) is 0 Å². The number of nitrogens with one attached hydrogen (secondary N) is 1. The molecule has 1 aliphatic heterocycles. The maximum absolute atomic E-state index is 13.1. The summed E-state index contributed by atoms with van der Waals surface area (Å²) >= 11 is 0. The number of piperazine rings is 1. The summed E-state index contributed by atoms with van der Waals surface area (Å²) in [5, 5.41) is 12.6. The third-order valence-electron chi connectivity index (χ3n) is 3.28. The number of rotatable bonds is 3. The van der Waals surface area contributed by atoms with Crippen LogP contribution in [0.2, 0.25) is 0 Å². The molecule has 1 saturated heterocycles. The van der Waals surface area contributed by atoms with Gasteiger partial charge in [0.1, 0.15) is 11.9 Å². The maximum atomic E-state index is 13.1. The number of carbonyl (C=O) groups is 1. The Morgan fingerprint density at radius 3 is 2.67 bits per heavy atom. The lowest BCUT2D eigenvalue weighted by atomic mass is 9.99. The van der Waals surface area contributed by atoms with Gasteiger partial charge in [-0.05, 0) is 30.2 Å². The third kappa shape index (κ3) is 2.68. The summed E-state index contributed by atoms with van der Waals surface area (Å²) in [5.74, 6) is -1.22. The van der Waals surface area contributed by atoms with E-state index in [1.807, 2.05) is 4.90 Å². The van der Waals surface area contributed by atoms with Gasteiger partial charge < -0.3 is 10.4 Å². The molecule has 0 aliphatic carbocycles. The average Bonchev–Trinajstić information content (AvgIpc) is 2.33. The van der Waals surface area contributed by atoms with Gasteiger partial charge in [0.25, 0.3) is 0 Å². The maximum Gasteiger partial charge on any atom is 0.325 e. The normalized spacial score (nSPS) is 18.6. The van der Waals surface area contributed by atoms with Crippen LogP contribution in [-0.2, 0) is 4.79 Å². The average molecular weight is 252 g/mol. The Bertz CT molecular complexity index is 445. The van der Waals surface area contributed by atoms with E-state index >= 15 is 0 Å². The molecule has 1 fully saturated rings. The van der Waals surface area contributed by atoms with Crippen molar-refractivity contribution < 1.29 is 14.3 Å². The smallest absolute Gasteiger partial charge is 0.325 e. The van der Waals surface area contributed by atoms with Crippen LogP contribution in [-0.4, -0.2) is 42.2 Å². The van der Waals surface area contributed by atoms with Crippen LogP contribution in [0.1, 0.15) is 17.2 Å². The van der Waals surface area contributed by atoms with Crippen molar-refractivity contribution in [1.29, 1.82) is 0 Å². The minimum Gasteiger partial charge on any atom is -0.480 e. The van der Waals surface area contributed by atoms with E-state index in [4.69, 9.17) is 0 Å². The molecule has 1 unspecified atom stereocenters. The zero-order valence-corrected chi connectivity index (χ0v) is 10.3. The summed E-state index contributed by atoms with van der Waals surface area (Å²) in [7, 11) is 0. The SMILES string of the molecule is Cc1cc(F)ccc1C(C(=O)O)N1CCNCC1. The van der Waals surface area contributed by atoms with Gasteiger partial charge in [0.2, 0.25) is 0 Å². The van der Waals surface area contributed by atoms with Crippen LogP contribution in [0.4, 0.5) is 4.39 Å². The predicted molar refractivity (Wildman–Crippen MR) is 66.0 cm³/mol. The molecule has 5 heteroatoms. The van der Waals surface area contributed by atoms with Crippen molar-refractivity contribution in [1.82, 2.24) is 10.2 Å². The number of halogens is 1. The lowest BCUT2D eigenvalue weighted by molar-refractivity contribution is -0.143. The van der Waals surface area contributed by atoms with Gasteiger partial charge in [0.15, 0.2) is 0 Å². The van der Waals surface area contributed by atoms with Gasteiger partial charge in [-0.3, -0.25) is 9.69 Å². The van der Waals surface area contributed by atoms with E-state index in [0.29, 0.717) is 24.2 Å². The molecular formula is C13H17FN2O2. The highest BCUT2D eigenvalue weighted by Crippen LogP contribution is 2.25. The minimum atomic E-state index is -0.883. The largest absolute Gasteiger partial charge is 0.480 e. The van der Waals surface area contributed by atoms with Crippen molar-refractivity contribution in [3.63, 3.8) is 0 Å². The fourth-order valence-corrected chi connectivity index (χ4v) is 2.37. The second-order valence-electron chi connectivity index (χ2n) is 4.53. The van der Waals surface area contributed by atoms with Crippen LogP contribution < -0.4 is 5.32 Å². The molecule has 1 heterocycles. The number of carboxylic acid groups (broad SMARTS) is 1. The van der Waals surface area contributed by atoms with Crippen molar-refractivity contribution in [2.45, 2.75) is 13.0 Å². The second kappa shape index (κ2) is 5.46. The molecule has 1 aliphatic rings. The van der Waals surface area contributed by atoms with E-state index in [1.54, 1.807) is 13.0 Å². The highest BCUT2D eigenvalue weighted by atomic mass is 19.1. The Kier molecular flexibility index (Phi) is 3.93. The predicted octanol–water partition coefficient (Wildman–Crippen LogP) is 1.17. The van der Waals surface area contributed by atoms with Gasteiger partial charge in [0, 0.05) is 26.2 Å². The molecule has 2 rings (SSSR count). The number of aryl methyl sites for hydroxylation is 1. The Morgan fingerprint density at radius 2 is 2.11 bits per heavy atom. The van der Waals surface area contributed by atoms with E-state index in [-0.39, 0.29) is 5.82 Å². The number of benzene rings is 1. The third-order valence-corrected chi connectivity index (χ3v) is 3.28. The Labute approximate surface area is 105 Å². The van der Waals surface area contributed by atoms with Crippen LogP contribution >= 0.6 is 0 Å². The Balaban J connectivity index is 2.31. The first-order chi connectivity index (χ1) is 8.59. The number of hydrogen-bond acceptors (Lipinski definition) is 3. The summed E-state index contributed by atoms with van der Waals surface area (Å²) < 4.78 is 13.1. The van der Waals surface area contributed by atoms with Gasteiger partial charge in [-0.15, -0.1) is 0 Å². The highest BCUT2D eigenvalue weighted by molar-refractivity contribution is 5.76. The second-order valence-corrected chi connectivity index (χ2v) is 4.53. The number of hydrogen-bond donors (Lipinski definition) is 2. The lowest BCUT2D eigenvalue weighted by Gasteiger charge is -2.33. The molecule has 0 bridgehead atoms. The fourth-order valence-electron chi connectivity index (χ4n) is 2.37. The molecule has 4 nitrogen and oxygen atoms in total. The van der Waals surface area contributed by atoms with E-state index in [2.05, 4.69) is 5.32 Å². The van der Waals surface area contributed by atoms with Crippen LogP contribution in [0, 0.1) is 12.7 Å². The van der Waals surface area contributed by atoms with Crippen molar-refractivity contribution in [2.75, 3.05) is 26.2 Å². The van der Waals surface area contributed by atoms with Crippen LogP contribution in [0.5, 0.6) is 0 Å². The molecule has 1 aromatic carbocycles. The first-order valence-electron chi connectivity index (χ1n) is 6.03. The molecule has 98 valence electrons.